The summed E-state index contributed by atoms with van der Waals surface area (Å²) in [6.07, 6.45) is 3.43. The molecular formula is C26H33N3O3. The molecule has 3 aliphatic rings. The number of nitrogens with one attached hydrogen (secondary N) is 1. The van der Waals surface area contributed by atoms with Crippen molar-refractivity contribution in [3.8, 4) is 5.75 Å². The summed E-state index contributed by atoms with van der Waals surface area (Å²) in [4.78, 5) is 17.5. The smallest absolute Gasteiger partial charge is 0.322 e. The topological polar surface area (TPSA) is 54.0 Å². The second kappa shape index (κ2) is 9.12. The number of rotatable bonds is 6. The second-order valence-electron chi connectivity index (χ2n) is 9.33. The highest BCUT2D eigenvalue weighted by molar-refractivity contribution is 5.90. The van der Waals surface area contributed by atoms with Crippen LogP contribution in [0, 0.1) is 6.92 Å². The van der Waals surface area contributed by atoms with Crippen LogP contribution in [0.5, 0.6) is 5.75 Å². The number of anilines is 1. The molecule has 170 valence electrons. The molecule has 1 N–H and O–H groups in total. The molecule has 3 saturated heterocycles. The summed E-state index contributed by atoms with van der Waals surface area (Å²) in [5.41, 5.74) is 3.52. The van der Waals surface area contributed by atoms with Crippen molar-refractivity contribution in [1.82, 2.24) is 9.80 Å². The molecule has 4 atom stereocenters. The minimum absolute atomic E-state index is 0.00582. The third kappa shape index (κ3) is 4.34. The van der Waals surface area contributed by atoms with E-state index >= 15 is 0 Å². The molecule has 2 aromatic rings. The number of urea groups is 1. The van der Waals surface area contributed by atoms with Gasteiger partial charge < -0.3 is 19.7 Å². The number of aryl methyl sites for hydroxylation is 1. The van der Waals surface area contributed by atoms with Crippen molar-refractivity contribution in [2.24, 2.45) is 0 Å². The predicted octanol–water partition coefficient (Wildman–Crippen LogP) is 4.60. The van der Waals surface area contributed by atoms with Crippen LogP contribution in [0.3, 0.4) is 0 Å². The number of hydrogen-bond acceptors (Lipinski definition) is 4. The quantitative estimate of drug-likeness (QED) is 0.720. The SMILES string of the molecule is Cc1ccccc1C(C)N1CC2CC1CN2C(=O)Nc1ccc(OCC2CCCO2)cc1. The molecule has 6 heteroatoms. The van der Waals surface area contributed by atoms with Gasteiger partial charge in [0.2, 0.25) is 0 Å². The molecule has 0 radical (unpaired) electrons. The highest BCUT2D eigenvalue weighted by atomic mass is 16.5. The van der Waals surface area contributed by atoms with Gasteiger partial charge in [-0.25, -0.2) is 4.79 Å². The first-order chi connectivity index (χ1) is 15.6. The Morgan fingerprint density at radius 1 is 1.16 bits per heavy atom. The first-order valence-corrected chi connectivity index (χ1v) is 11.8. The van der Waals surface area contributed by atoms with E-state index in [9.17, 15) is 4.79 Å². The Morgan fingerprint density at radius 3 is 2.66 bits per heavy atom. The van der Waals surface area contributed by atoms with Gasteiger partial charge in [0.15, 0.2) is 0 Å². The summed E-state index contributed by atoms with van der Waals surface area (Å²) in [7, 11) is 0. The van der Waals surface area contributed by atoms with Crippen molar-refractivity contribution in [2.75, 3.05) is 31.6 Å². The van der Waals surface area contributed by atoms with E-state index in [0.717, 1.165) is 50.4 Å². The predicted molar refractivity (Wildman–Crippen MR) is 125 cm³/mol. The molecule has 2 aromatic carbocycles. The highest BCUT2D eigenvalue weighted by Crippen LogP contribution is 2.37. The molecule has 6 nitrogen and oxygen atoms in total. The summed E-state index contributed by atoms with van der Waals surface area (Å²) < 4.78 is 11.4. The lowest BCUT2D eigenvalue weighted by atomic mass is 10.0. The number of amides is 2. The molecule has 0 aliphatic carbocycles. The van der Waals surface area contributed by atoms with Crippen LogP contribution in [0.2, 0.25) is 0 Å². The summed E-state index contributed by atoms with van der Waals surface area (Å²) in [5.74, 6) is 0.805. The van der Waals surface area contributed by atoms with Crippen LogP contribution in [0.25, 0.3) is 0 Å². The Hall–Kier alpha value is -2.57. The number of fused-ring (bicyclic) bond motifs is 2. The largest absolute Gasteiger partial charge is 0.491 e. The number of carbonyl (C=O) groups excluding carboxylic acids is 1. The Kier molecular flexibility index (Phi) is 6.07. The molecule has 32 heavy (non-hydrogen) atoms. The maximum absolute atomic E-state index is 12.9. The first-order valence-electron chi connectivity index (χ1n) is 11.8. The van der Waals surface area contributed by atoms with Gasteiger partial charge in [-0.2, -0.15) is 0 Å². The molecule has 3 heterocycles. The summed E-state index contributed by atoms with van der Waals surface area (Å²) in [6, 6.07) is 17.3. The van der Waals surface area contributed by atoms with Crippen LogP contribution in [0.4, 0.5) is 10.5 Å². The van der Waals surface area contributed by atoms with E-state index in [1.807, 2.05) is 29.2 Å². The van der Waals surface area contributed by atoms with Crippen molar-refractivity contribution in [3.63, 3.8) is 0 Å². The molecule has 0 saturated carbocycles. The summed E-state index contributed by atoms with van der Waals surface area (Å²) in [6.45, 7) is 7.60. The Morgan fingerprint density at radius 2 is 1.97 bits per heavy atom. The lowest BCUT2D eigenvalue weighted by Gasteiger charge is -2.38. The van der Waals surface area contributed by atoms with Gasteiger partial charge in [-0.1, -0.05) is 24.3 Å². The highest BCUT2D eigenvalue weighted by Gasteiger charge is 2.46. The third-order valence-electron chi connectivity index (χ3n) is 7.25. The Bertz CT molecular complexity index is 942. The van der Waals surface area contributed by atoms with Crippen LogP contribution in [-0.4, -0.2) is 60.3 Å². The lowest BCUT2D eigenvalue weighted by molar-refractivity contribution is 0.0679. The molecule has 0 spiro atoms. The van der Waals surface area contributed by atoms with E-state index in [1.165, 1.54) is 11.1 Å². The number of ether oxygens (including phenoxy) is 2. The standard InChI is InChI=1S/C26H33N3O3/c1-18-6-3-4-8-25(18)19(2)28-15-22-14-21(28)16-29(22)26(30)27-20-9-11-23(12-10-20)32-17-24-7-5-13-31-24/h3-4,6,8-12,19,21-22,24H,5,7,13-17H2,1-2H3,(H,27,30). The van der Waals surface area contributed by atoms with E-state index in [0.29, 0.717) is 18.7 Å². The van der Waals surface area contributed by atoms with E-state index in [2.05, 4.69) is 48.3 Å². The van der Waals surface area contributed by atoms with Gasteiger partial charge in [-0.3, -0.25) is 4.90 Å². The molecule has 4 unspecified atom stereocenters. The zero-order valence-corrected chi connectivity index (χ0v) is 19.0. The Labute approximate surface area is 190 Å². The molecule has 3 fully saturated rings. The van der Waals surface area contributed by atoms with Crippen molar-refractivity contribution < 1.29 is 14.3 Å². The van der Waals surface area contributed by atoms with E-state index in [4.69, 9.17) is 9.47 Å². The zero-order chi connectivity index (χ0) is 22.1. The lowest BCUT2D eigenvalue weighted by Crippen LogP contribution is -2.50. The molecular weight excluding hydrogens is 402 g/mol. The summed E-state index contributed by atoms with van der Waals surface area (Å²) in [5, 5.41) is 3.07. The fraction of sp³-hybridized carbons (Fsp3) is 0.500. The normalized spacial score (nSPS) is 25.8. The molecule has 5 rings (SSSR count). The van der Waals surface area contributed by atoms with Gasteiger partial charge >= 0.3 is 6.03 Å². The second-order valence-corrected chi connectivity index (χ2v) is 9.33. The van der Waals surface area contributed by atoms with Crippen LogP contribution in [-0.2, 0) is 4.74 Å². The number of hydrogen-bond donors (Lipinski definition) is 1. The van der Waals surface area contributed by atoms with Gasteiger partial charge in [0.05, 0.1) is 6.10 Å². The fourth-order valence-corrected chi connectivity index (χ4v) is 5.45. The van der Waals surface area contributed by atoms with Gasteiger partial charge in [-0.05, 0) is 68.5 Å². The number of nitrogens with zero attached hydrogens (tertiary/aromatic N) is 2. The molecule has 3 aliphatic heterocycles. The van der Waals surface area contributed by atoms with E-state index in [-0.39, 0.29) is 18.2 Å². The van der Waals surface area contributed by atoms with E-state index < -0.39 is 0 Å². The van der Waals surface area contributed by atoms with Gasteiger partial charge in [0.25, 0.3) is 0 Å². The molecule has 2 bridgehead atoms. The maximum atomic E-state index is 12.9. The number of benzene rings is 2. The van der Waals surface area contributed by atoms with Crippen LogP contribution >= 0.6 is 0 Å². The average molecular weight is 436 g/mol. The zero-order valence-electron chi connectivity index (χ0n) is 19.0. The monoisotopic (exact) mass is 435 g/mol. The van der Waals surface area contributed by atoms with Crippen molar-refractivity contribution in [3.05, 3.63) is 59.7 Å². The van der Waals surface area contributed by atoms with E-state index in [1.54, 1.807) is 0 Å². The van der Waals surface area contributed by atoms with Crippen molar-refractivity contribution in [1.29, 1.82) is 0 Å². The fourth-order valence-electron chi connectivity index (χ4n) is 5.45. The van der Waals surface area contributed by atoms with Crippen molar-refractivity contribution >= 4 is 11.7 Å². The minimum Gasteiger partial charge on any atom is -0.491 e. The average Bonchev–Trinajstić information content (AvgIpc) is 3.56. The number of piperazine rings is 1. The maximum Gasteiger partial charge on any atom is 0.322 e. The molecule has 2 amide bonds. The third-order valence-corrected chi connectivity index (χ3v) is 7.25. The van der Waals surface area contributed by atoms with Gasteiger partial charge in [0, 0.05) is 43.5 Å². The Balaban J connectivity index is 1.14. The number of carbonyl (C=O) groups is 1. The van der Waals surface area contributed by atoms with Gasteiger partial charge in [-0.15, -0.1) is 0 Å². The minimum atomic E-state index is -0.00582. The summed E-state index contributed by atoms with van der Waals surface area (Å²) >= 11 is 0. The van der Waals surface area contributed by atoms with Crippen LogP contribution in [0.1, 0.15) is 43.4 Å². The van der Waals surface area contributed by atoms with Gasteiger partial charge in [0.1, 0.15) is 12.4 Å². The van der Waals surface area contributed by atoms with Crippen LogP contribution < -0.4 is 10.1 Å². The van der Waals surface area contributed by atoms with Crippen LogP contribution in [0.15, 0.2) is 48.5 Å². The molecule has 0 aromatic heterocycles. The van der Waals surface area contributed by atoms with Crippen molar-refractivity contribution in [2.45, 2.75) is 57.3 Å². The first kappa shape index (κ1) is 21.3. The number of likely N-dealkylation sites (tertiary alicyclic amines) is 2.